The van der Waals surface area contributed by atoms with Crippen LogP contribution in [-0.2, 0) is 9.59 Å². The number of anilines is 1. The number of benzene rings is 2. The average Bonchev–Trinajstić information content (AvgIpc) is 2.94. The minimum Gasteiger partial charge on any atom is -0.493 e. The van der Waals surface area contributed by atoms with E-state index < -0.39 is 11.8 Å². The number of hydrogen-bond acceptors (Lipinski definition) is 4. The molecule has 0 fully saturated rings. The summed E-state index contributed by atoms with van der Waals surface area (Å²) in [6.45, 7) is 7.21. The van der Waals surface area contributed by atoms with Crippen molar-refractivity contribution in [3.8, 4) is 11.5 Å². The van der Waals surface area contributed by atoms with Crippen molar-refractivity contribution in [3.63, 3.8) is 0 Å². The molecule has 3 rings (SSSR count). The highest BCUT2D eigenvalue weighted by Gasteiger charge is 2.40. The van der Waals surface area contributed by atoms with Gasteiger partial charge in [0, 0.05) is 0 Å². The Hall–Kier alpha value is -2.79. The summed E-state index contributed by atoms with van der Waals surface area (Å²) in [4.78, 5) is 27.0. The summed E-state index contributed by atoms with van der Waals surface area (Å²) >= 11 is 6.30. The third kappa shape index (κ3) is 4.46. The largest absolute Gasteiger partial charge is 0.493 e. The topological polar surface area (TPSA) is 55.8 Å². The predicted octanol–water partition coefficient (Wildman–Crippen LogP) is 5.03. The quantitative estimate of drug-likeness (QED) is 0.569. The molecule has 0 unspecified atom stereocenters. The molecule has 0 aliphatic carbocycles. The lowest BCUT2D eigenvalue weighted by molar-refractivity contribution is -0.119. The summed E-state index contributed by atoms with van der Waals surface area (Å²) in [5, 5.41) is -0.101. The molecule has 5 nitrogen and oxygen atoms in total. The molecule has 0 radical (unpaired) electrons. The van der Waals surface area contributed by atoms with Crippen molar-refractivity contribution in [3.05, 3.63) is 59.1 Å². The zero-order valence-corrected chi connectivity index (χ0v) is 17.5. The number of rotatable bonds is 8. The first-order valence-electron chi connectivity index (χ1n) is 9.67. The standard InChI is InChI=1S/C23H24ClNO4/c1-4-13-28-19-8-6-5-7-18(19)25-22(26)20(21(24)23(25)27)16-9-11-17(12-10-16)29-14-15(2)3/h5-12,15H,4,13-14H2,1-3H3. The molecule has 2 aromatic carbocycles. The van der Waals surface area contributed by atoms with Gasteiger partial charge < -0.3 is 9.47 Å². The zero-order chi connectivity index (χ0) is 21.0. The maximum Gasteiger partial charge on any atom is 0.277 e. The Bertz CT molecular complexity index is 934. The third-order valence-electron chi connectivity index (χ3n) is 4.32. The van der Waals surface area contributed by atoms with Crippen LogP contribution in [0.1, 0.15) is 32.8 Å². The molecule has 152 valence electrons. The van der Waals surface area contributed by atoms with Gasteiger partial charge in [-0.2, -0.15) is 0 Å². The molecule has 6 heteroatoms. The fourth-order valence-electron chi connectivity index (χ4n) is 2.93. The summed E-state index contributed by atoms with van der Waals surface area (Å²) < 4.78 is 11.4. The van der Waals surface area contributed by atoms with Crippen LogP contribution in [0.3, 0.4) is 0 Å². The van der Waals surface area contributed by atoms with Gasteiger partial charge in [0.25, 0.3) is 11.8 Å². The van der Waals surface area contributed by atoms with Gasteiger partial charge in [-0.25, -0.2) is 4.90 Å². The lowest BCUT2D eigenvalue weighted by Gasteiger charge is -2.19. The summed E-state index contributed by atoms with van der Waals surface area (Å²) in [5.41, 5.74) is 1.14. The Labute approximate surface area is 175 Å². The molecular weight excluding hydrogens is 390 g/mol. The molecule has 1 aliphatic heterocycles. The molecule has 0 N–H and O–H groups in total. The molecule has 0 saturated carbocycles. The molecule has 0 spiro atoms. The van der Waals surface area contributed by atoms with Crippen molar-refractivity contribution in [2.24, 2.45) is 5.92 Å². The van der Waals surface area contributed by atoms with Crippen molar-refractivity contribution >= 4 is 34.7 Å². The van der Waals surface area contributed by atoms with E-state index in [1.54, 1.807) is 48.5 Å². The van der Waals surface area contributed by atoms with Gasteiger partial charge in [-0.3, -0.25) is 9.59 Å². The maximum atomic E-state index is 13.1. The Morgan fingerprint density at radius 2 is 1.66 bits per heavy atom. The highest BCUT2D eigenvalue weighted by atomic mass is 35.5. The van der Waals surface area contributed by atoms with Crippen molar-refractivity contribution in [2.75, 3.05) is 18.1 Å². The molecule has 0 bridgehead atoms. The summed E-state index contributed by atoms with van der Waals surface area (Å²) in [6, 6.07) is 14.0. The second kappa shape index (κ2) is 9.14. The predicted molar refractivity (Wildman–Crippen MR) is 114 cm³/mol. The molecule has 29 heavy (non-hydrogen) atoms. The van der Waals surface area contributed by atoms with Crippen LogP contribution in [0.25, 0.3) is 5.57 Å². The van der Waals surface area contributed by atoms with Crippen molar-refractivity contribution in [2.45, 2.75) is 27.2 Å². The number of amides is 2. The van der Waals surface area contributed by atoms with Crippen LogP contribution in [0.4, 0.5) is 5.69 Å². The SMILES string of the molecule is CCCOc1ccccc1N1C(=O)C(Cl)=C(c2ccc(OCC(C)C)cc2)C1=O. The Morgan fingerprint density at radius 3 is 2.31 bits per heavy atom. The zero-order valence-electron chi connectivity index (χ0n) is 16.8. The van der Waals surface area contributed by atoms with Crippen LogP contribution in [-0.4, -0.2) is 25.0 Å². The monoisotopic (exact) mass is 413 g/mol. The average molecular weight is 414 g/mol. The van der Waals surface area contributed by atoms with E-state index in [1.165, 1.54) is 0 Å². The first kappa shape index (κ1) is 20.9. The Morgan fingerprint density at radius 1 is 0.966 bits per heavy atom. The van der Waals surface area contributed by atoms with Gasteiger partial charge >= 0.3 is 0 Å². The molecule has 0 atom stereocenters. The van der Waals surface area contributed by atoms with Crippen LogP contribution >= 0.6 is 11.6 Å². The number of halogens is 1. The van der Waals surface area contributed by atoms with Crippen LogP contribution in [0.5, 0.6) is 11.5 Å². The number of hydrogen-bond donors (Lipinski definition) is 0. The van der Waals surface area contributed by atoms with Gasteiger partial charge in [0.15, 0.2) is 0 Å². The number of imide groups is 1. The van der Waals surface area contributed by atoms with E-state index in [0.29, 0.717) is 41.9 Å². The Kier molecular flexibility index (Phi) is 6.60. The van der Waals surface area contributed by atoms with Gasteiger partial charge in [0.2, 0.25) is 0 Å². The second-order valence-electron chi connectivity index (χ2n) is 7.18. The lowest BCUT2D eigenvalue weighted by atomic mass is 10.1. The van der Waals surface area contributed by atoms with Gasteiger partial charge in [0.1, 0.15) is 16.5 Å². The number of nitrogens with zero attached hydrogens (tertiary/aromatic N) is 1. The minimum atomic E-state index is -0.556. The molecule has 1 heterocycles. The van der Waals surface area contributed by atoms with Crippen molar-refractivity contribution in [1.29, 1.82) is 0 Å². The fraction of sp³-hybridized carbons (Fsp3) is 0.304. The van der Waals surface area contributed by atoms with Gasteiger partial charge in [-0.1, -0.05) is 56.6 Å². The van der Waals surface area contributed by atoms with E-state index in [-0.39, 0.29) is 10.6 Å². The van der Waals surface area contributed by atoms with Crippen LogP contribution in [0, 0.1) is 5.92 Å². The van der Waals surface area contributed by atoms with Crippen LogP contribution in [0.2, 0.25) is 0 Å². The summed E-state index contributed by atoms with van der Waals surface area (Å²) in [7, 11) is 0. The normalized spacial score (nSPS) is 14.2. The van der Waals surface area contributed by atoms with E-state index in [4.69, 9.17) is 21.1 Å². The van der Waals surface area contributed by atoms with E-state index in [1.807, 2.05) is 6.92 Å². The molecule has 1 aliphatic rings. The highest BCUT2D eigenvalue weighted by Crippen LogP contribution is 2.39. The van der Waals surface area contributed by atoms with E-state index >= 15 is 0 Å². The molecule has 2 aromatic rings. The van der Waals surface area contributed by atoms with Crippen molar-refractivity contribution < 1.29 is 19.1 Å². The second-order valence-corrected chi connectivity index (χ2v) is 7.56. The van der Waals surface area contributed by atoms with Gasteiger partial charge in [-0.15, -0.1) is 0 Å². The number of carbonyl (C=O) groups is 2. The summed E-state index contributed by atoms with van der Waals surface area (Å²) in [6.07, 6.45) is 0.811. The smallest absolute Gasteiger partial charge is 0.277 e. The molecule has 2 amide bonds. The number of carbonyl (C=O) groups excluding carboxylic acids is 2. The van der Waals surface area contributed by atoms with Crippen molar-refractivity contribution in [1.82, 2.24) is 0 Å². The van der Waals surface area contributed by atoms with E-state index in [2.05, 4.69) is 13.8 Å². The first-order chi connectivity index (χ1) is 13.9. The first-order valence-corrected chi connectivity index (χ1v) is 10.1. The highest BCUT2D eigenvalue weighted by molar-refractivity contribution is 6.60. The Balaban J connectivity index is 1.88. The number of ether oxygens (including phenoxy) is 2. The van der Waals surface area contributed by atoms with Crippen LogP contribution in [0.15, 0.2) is 53.6 Å². The number of para-hydroxylation sites is 2. The molecule has 0 aromatic heterocycles. The van der Waals surface area contributed by atoms with Gasteiger partial charge in [-0.05, 0) is 42.2 Å². The van der Waals surface area contributed by atoms with Crippen LogP contribution < -0.4 is 14.4 Å². The maximum absolute atomic E-state index is 13.1. The van der Waals surface area contributed by atoms with E-state index in [0.717, 1.165) is 11.3 Å². The third-order valence-corrected chi connectivity index (χ3v) is 4.67. The lowest BCUT2D eigenvalue weighted by Crippen LogP contribution is -2.31. The molecule has 0 saturated heterocycles. The summed E-state index contributed by atoms with van der Waals surface area (Å²) in [5.74, 6) is 0.553. The van der Waals surface area contributed by atoms with E-state index in [9.17, 15) is 9.59 Å². The fourth-order valence-corrected chi connectivity index (χ4v) is 3.20. The molecular formula is C23H24ClNO4. The minimum absolute atomic E-state index is 0.101. The van der Waals surface area contributed by atoms with Gasteiger partial charge in [0.05, 0.1) is 24.5 Å².